The van der Waals surface area contributed by atoms with Crippen LogP contribution in [0.5, 0.6) is 0 Å². The molecular formula is C23H25FN2O3. The number of carbonyl (C=O) groups excluding carboxylic acids is 2. The summed E-state index contributed by atoms with van der Waals surface area (Å²) >= 11 is 0. The summed E-state index contributed by atoms with van der Waals surface area (Å²) in [6.45, 7) is 3.92. The van der Waals surface area contributed by atoms with Crippen LogP contribution < -0.4 is 0 Å². The first-order valence-electron chi connectivity index (χ1n) is 10.3. The van der Waals surface area contributed by atoms with E-state index >= 15 is 0 Å². The Kier molecular flexibility index (Phi) is 4.35. The molecule has 2 fully saturated rings. The molecule has 0 unspecified atom stereocenters. The number of furan rings is 1. The normalized spacial score (nSPS) is 26.7. The van der Waals surface area contributed by atoms with Crippen LogP contribution in [-0.2, 0) is 6.42 Å². The molecule has 6 heteroatoms. The molecule has 1 amide bonds. The number of Topliss-reactive ketones (excluding diaryl/α,β-unsaturated/α-hetero) is 1. The summed E-state index contributed by atoms with van der Waals surface area (Å²) in [5, 5.41) is 0. The molecule has 3 heterocycles. The highest BCUT2D eigenvalue weighted by Gasteiger charge is 2.48. The predicted octanol–water partition coefficient (Wildman–Crippen LogP) is 3.62. The Morgan fingerprint density at radius 3 is 2.83 bits per heavy atom. The fraction of sp³-hybridized carbons (Fsp3) is 0.478. The second-order valence-corrected chi connectivity index (χ2v) is 8.68. The Balaban J connectivity index is 1.42. The minimum Gasteiger partial charge on any atom is -0.465 e. The molecule has 1 aliphatic carbocycles. The van der Waals surface area contributed by atoms with Gasteiger partial charge in [-0.3, -0.25) is 14.5 Å². The Hall–Kier alpha value is -2.47. The predicted molar refractivity (Wildman–Crippen MR) is 105 cm³/mol. The van der Waals surface area contributed by atoms with Crippen LogP contribution in [0.4, 0.5) is 4.39 Å². The highest BCUT2D eigenvalue weighted by atomic mass is 19.1. The zero-order valence-corrected chi connectivity index (χ0v) is 16.8. The van der Waals surface area contributed by atoms with E-state index in [1.54, 1.807) is 19.1 Å². The highest BCUT2D eigenvalue weighted by Crippen LogP contribution is 2.45. The van der Waals surface area contributed by atoms with Crippen molar-refractivity contribution in [3.8, 4) is 0 Å². The number of halogens is 1. The number of likely N-dealkylation sites (tertiary alicyclic amines) is 2. The van der Waals surface area contributed by atoms with Crippen LogP contribution in [0.25, 0.3) is 0 Å². The average molecular weight is 396 g/mol. The molecule has 3 aliphatic rings. The van der Waals surface area contributed by atoms with Gasteiger partial charge in [0.15, 0.2) is 5.78 Å². The van der Waals surface area contributed by atoms with E-state index in [0.29, 0.717) is 54.5 Å². The van der Waals surface area contributed by atoms with Crippen LogP contribution in [-0.4, -0.2) is 48.2 Å². The molecule has 2 aromatic rings. The standard InChI is InChI=1S/C23H25FN2O3/c1-13-20(21-18(27)7-4-8-19(21)29-13)23(28)26-11-15-10-25(2)22(17(15)12-26)14-5-3-6-16(24)9-14/h3,5-6,9,15,17,22H,4,7-8,10-12H2,1-2H3/t15-,17+,22-/m0/s1. The summed E-state index contributed by atoms with van der Waals surface area (Å²) in [6.07, 6.45) is 1.97. The van der Waals surface area contributed by atoms with Gasteiger partial charge in [-0.15, -0.1) is 0 Å². The summed E-state index contributed by atoms with van der Waals surface area (Å²) in [4.78, 5) is 30.0. The van der Waals surface area contributed by atoms with Gasteiger partial charge in [-0.05, 0) is 44.0 Å². The quantitative estimate of drug-likeness (QED) is 0.778. The molecule has 1 aromatic heterocycles. The lowest BCUT2D eigenvalue weighted by Gasteiger charge is -2.27. The number of hydrogen-bond acceptors (Lipinski definition) is 4. The molecule has 0 spiro atoms. The second kappa shape index (κ2) is 6.80. The summed E-state index contributed by atoms with van der Waals surface area (Å²) in [5.41, 5.74) is 1.93. The van der Waals surface area contributed by atoms with Gasteiger partial charge < -0.3 is 9.32 Å². The van der Waals surface area contributed by atoms with E-state index in [9.17, 15) is 14.0 Å². The van der Waals surface area contributed by atoms with Gasteiger partial charge in [-0.2, -0.15) is 0 Å². The Morgan fingerprint density at radius 2 is 2.03 bits per heavy atom. The third-order valence-electron chi connectivity index (χ3n) is 6.83. The van der Waals surface area contributed by atoms with Crippen molar-refractivity contribution in [1.29, 1.82) is 0 Å². The molecule has 2 saturated heterocycles. The second-order valence-electron chi connectivity index (χ2n) is 8.68. The molecule has 0 saturated carbocycles. The fourth-order valence-corrected chi connectivity index (χ4v) is 5.64. The maximum atomic E-state index is 13.8. The van der Waals surface area contributed by atoms with E-state index in [0.717, 1.165) is 18.5 Å². The summed E-state index contributed by atoms with van der Waals surface area (Å²) in [7, 11) is 2.06. The number of rotatable bonds is 2. The van der Waals surface area contributed by atoms with E-state index in [2.05, 4.69) is 11.9 Å². The topological polar surface area (TPSA) is 53.8 Å². The Morgan fingerprint density at radius 1 is 1.21 bits per heavy atom. The van der Waals surface area contributed by atoms with Crippen molar-refractivity contribution in [2.45, 2.75) is 32.2 Å². The van der Waals surface area contributed by atoms with E-state index in [1.165, 1.54) is 6.07 Å². The van der Waals surface area contributed by atoms with Crippen LogP contribution >= 0.6 is 0 Å². The summed E-state index contributed by atoms with van der Waals surface area (Å²) in [5.74, 6) is 1.50. The number of amides is 1. The third kappa shape index (κ3) is 2.92. The van der Waals surface area contributed by atoms with Crippen molar-refractivity contribution in [3.63, 3.8) is 0 Å². The van der Waals surface area contributed by atoms with Crippen LogP contribution in [0.1, 0.15) is 56.7 Å². The number of nitrogens with zero attached hydrogens (tertiary/aromatic N) is 2. The molecule has 29 heavy (non-hydrogen) atoms. The van der Waals surface area contributed by atoms with E-state index < -0.39 is 0 Å². The van der Waals surface area contributed by atoms with Crippen LogP contribution in [0, 0.1) is 24.6 Å². The molecule has 0 N–H and O–H groups in total. The maximum Gasteiger partial charge on any atom is 0.258 e. The zero-order chi connectivity index (χ0) is 20.3. The summed E-state index contributed by atoms with van der Waals surface area (Å²) in [6, 6.07) is 6.86. The van der Waals surface area contributed by atoms with E-state index in [1.807, 2.05) is 11.0 Å². The average Bonchev–Trinajstić information content (AvgIpc) is 3.31. The minimum atomic E-state index is -0.232. The first-order valence-corrected chi connectivity index (χ1v) is 10.3. The molecule has 5 rings (SSSR count). The van der Waals surface area contributed by atoms with Gasteiger partial charge in [0.2, 0.25) is 0 Å². The highest BCUT2D eigenvalue weighted by molar-refractivity contribution is 6.10. The number of aryl methyl sites for hydroxylation is 2. The smallest absolute Gasteiger partial charge is 0.258 e. The van der Waals surface area contributed by atoms with Gasteiger partial charge >= 0.3 is 0 Å². The molecule has 0 bridgehead atoms. The van der Waals surface area contributed by atoms with Gasteiger partial charge in [0, 0.05) is 44.4 Å². The Bertz CT molecular complexity index is 998. The first kappa shape index (κ1) is 18.6. The van der Waals surface area contributed by atoms with Crippen molar-refractivity contribution in [1.82, 2.24) is 9.80 Å². The first-order chi connectivity index (χ1) is 13.9. The van der Waals surface area contributed by atoms with E-state index in [4.69, 9.17) is 4.42 Å². The SMILES string of the molecule is Cc1oc2c(c1C(=O)N1C[C@@H]3CN(C)[C@@H](c4cccc(F)c4)[C@@H]3C1)C(=O)CCC2. The van der Waals surface area contributed by atoms with E-state index in [-0.39, 0.29) is 29.5 Å². The van der Waals surface area contributed by atoms with Crippen molar-refractivity contribution < 1.29 is 18.4 Å². The lowest BCUT2D eigenvalue weighted by Crippen LogP contribution is -2.34. The molecule has 1 aromatic carbocycles. The third-order valence-corrected chi connectivity index (χ3v) is 6.83. The van der Waals surface area contributed by atoms with Gasteiger partial charge in [0.25, 0.3) is 5.91 Å². The van der Waals surface area contributed by atoms with Crippen molar-refractivity contribution in [3.05, 3.63) is 58.3 Å². The van der Waals surface area contributed by atoms with Crippen molar-refractivity contribution in [2.75, 3.05) is 26.7 Å². The van der Waals surface area contributed by atoms with Crippen LogP contribution in [0.2, 0.25) is 0 Å². The molecule has 5 nitrogen and oxygen atoms in total. The molecule has 3 atom stereocenters. The maximum absolute atomic E-state index is 13.8. The molecule has 152 valence electrons. The number of benzene rings is 1. The minimum absolute atomic E-state index is 0.0169. The fourth-order valence-electron chi connectivity index (χ4n) is 5.64. The number of ketones is 1. The van der Waals surface area contributed by atoms with Gasteiger partial charge in [-0.25, -0.2) is 4.39 Å². The number of carbonyl (C=O) groups is 2. The lowest BCUT2D eigenvalue weighted by atomic mass is 9.89. The number of fused-ring (bicyclic) bond motifs is 2. The van der Waals surface area contributed by atoms with Crippen molar-refractivity contribution in [2.24, 2.45) is 11.8 Å². The molecule has 2 aliphatic heterocycles. The summed E-state index contributed by atoms with van der Waals surface area (Å²) < 4.78 is 19.6. The Labute approximate surface area is 169 Å². The van der Waals surface area contributed by atoms with Gasteiger partial charge in [0.05, 0.1) is 11.1 Å². The van der Waals surface area contributed by atoms with Crippen LogP contribution in [0.3, 0.4) is 0 Å². The van der Waals surface area contributed by atoms with Gasteiger partial charge in [-0.1, -0.05) is 12.1 Å². The zero-order valence-electron chi connectivity index (χ0n) is 16.8. The van der Waals surface area contributed by atoms with Crippen molar-refractivity contribution >= 4 is 11.7 Å². The van der Waals surface area contributed by atoms with Crippen LogP contribution in [0.15, 0.2) is 28.7 Å². The largest absolute Gasteiger partial charge is 0.465 e. The lowest BCUT2D eigenvalue weighted by molar-refractivity contribution is 0.0760. The number of hydrogen-bond donors (Lipinski definition) is 0. The van der Waals surface area contributed by atoms with Gasteiger partial charge in [0.1, 0.15) is 17.3 Å². The molecule has 0 radical (unpaired) electrons. The molecular weight excluding hydrogens is 371 g/mol. The monoisotopic (exact) mass is 396 g/mol.